The highest BCUT2D eigenvalue weighted by molar-refractivity contribution is 6.00. The van der Waals surface area contributed by atoms with Crippen molar-refractivity contribution < 1.29 is 0 Å². The number of nitrogens with two attached hydrogens (primary N) is 2. The highest BCUT2D eigenvalue weighted by atomic mass is 14.8. The van der Waals surface area contributed by atoms with Gasteiger partial charge in [-0.25, -0.2) is 0 Å². The summed E-state index contributed by atoms with van der Waals surface area (Å²) >= 11 is 0. The van der Waals surface area contributed by atoms with Crippen LogP contribution in [0.5, 0.6) is 0 Å². The average molecular weight is 360 g/mol. The summed E-state index contributed by atoms with van der Waals surface area (Å²) in [6.07, 6.45) is 6.51. The second-order valence-corrected chi connectivity index (χ2v) is 7.87. The smallest absolute Gasteiger partial charge is 0.0729 e. The molecule has 0 aromatic heterocycles. The van der Waals surface area contributed by atoms with Crippen molar-refractivity contribution >= 4 is 33.3 Å². The van der Waals surface area contributed by atoms with Crippen LogP contribution in [0, 0.1) is 0 Å². The van der Waals surface area contributed by atoms with Gasteiger partial charge in [-0.2, -0.15) is 0 Å². The summed E-state index contributed by atoms with van der Waals surface area (Å²) in [5, 5.41) is 4.89. The molecule has 0 saturated heterocycles. The normalized spacial score (nSPS) is 22.5. The van der Waals surface area contributed by atoms with Gasteiger partial charge in [-0.05, 0) is 44.3 Å². The third-order valence-corrected chi connectivity index (χ3v) is 6.36. The number of benzene rings is 4. The first-order valence-electron chi connectivity index (χ1n) is 9.66. The molecule has 0 bridgehead atoms. The van der Waals surface area contributed by atoms with Crippen molar-refractivity contribution in [2.75, 3.05) is 0 Å². The van der Waals surface area contributed by atoms with Gasteiger partial charge in [-0.1, -0.05) is 84.9 Å². The van der Waals surface area contributed by atoms with Gasteiger partial charge in [0.25, 0.3) is 0 Å². The van der Waals surface area contributed by atoms with E-state index in [1.807, 2.05) is 0 Å². The van der Waals surface area contributed by atoms with E-state index in [9.17, 15) is 0 Å². The van der Waals surface area contributed by atoms with Crippen LogP contribution >= 0.6 is 0 Å². The van der Waals surface area contributed by atoms with Gasteiger partial charge in [-0.15, -0.1) is 0 Å². The van der Waals surface area contributed by atoms with Crippen molar-refractivity contribution in [1.82, 2.24) is 0 Å². The van der Waals surface area contributed by atoms with Crippen LogP contribution in [-0.2, 0) is 5.54 Å². The summed E-state index contributed by atoms with van der Waals surface area (Å²) in [6.45, 7) is 0. The lowest BCUT2D eigenvalue weighted by atomic mass is 9.68. The highest BCUT2D eigenvalue weighted by Crippen LogP contribution is 2.49. The SMILES string of the molecule is NC1=CC(N)(C2C=Cc3cccc4cccc2c34)c2cccc3cccc1c23. The third-order valence-electron chi connectivity index (χ3n) is 6.36. The van der Waals surface area contributed by atoms with Gasteiger partial charge in [0.1, 0.15) is 0 Å². The van der Waals surface area contributed by atoms with E-state index in [2.05, 4.69) is 91.0 Å². The van der Waals surface area contributed by atoms with E-state index >= 15 is 0 Å². The maximum absolute atomic E-state index is 7.22. The molecule has 4 N–H and O–H groups in total. The van der Waals surface area contributed by atoms with Crippen LogP contribution < -0.4 is 11.5 Å². The molecule has 0 fully saturated rings. The lowest BCUT2D eigenvalue weighted by Crippen LogP contribution is -2.43. The molecule has 0 aliphatic heterocycles. The Morgan fingerprint density at radius 3 is 2.25 bits per heavy atom. The number of hydrogen-bond acceptors (Lipinski definition) is 2. The zero-order chi connectivity index (χ0) is 18.9. The summed E-state index contributed by atoms with van der Waals surface area (Å²) in [6, 6.07) is 25.6. The molecule has 2 nitrogen and oxygen atoms in total. The van der Waals surface area contributed by atoms with Crippen molar-refractivity contribution in [1.29, 1.82) is 0 Å². The van der Waals surface area contributed by atoms with Gasteiger partial charge in [0, 0.05) is 17.2 Å². The summed E-state index contributed by atoms with van der Waals surface area (Å²) < 4.78 is 0. The molecule has 2 aliphatic carbocycles. The minimum Gasteiger partial charge on any atom is -0.398 e. The predicted octanol–water partition coefficient (Wildman–Crippen LogP) is 5.27. The second-order valence-electron chi connectivity index (χ2n) is 7.87. The molecule has 28 heavy (non-hydrogen) atoms. The first kappa shape index (κ1) is 15.7. The Morgan fingerprint density at radius 1 is 0.750 bits per heavy atom. The van der Waals surface area contributed by atoms with Crippen molar-refractivity contribution in [2.24, 2.45) is 11.5 Å². The Balaban J connectivity index is 1.68. The first-order chi connectivity index (χ1) is 13.7. The lowest BCUT2D eigenvalue weighted by molar-refractivity contribution is 0.506. The fourth-order valence-corrected chi connectivity index (χ4v) is 5.13. The molecule has 2 atom stereocenters. The van der Waals surface area contributed by atoms with Gasteiger partial charge in [0.2, 0.25) is 0 Å². The molecular weight excluding hydrogens is 340 g/mol. The average Bonchev–Trinajstić information content (AvgIpc) is 2.72. The molecule has 4 aromatic rings. The molecule has 4 aromatic carbocycles. The Kier molecular flexibility index (Phi) is 2.99. The van der Waals surface area contributed by atoms with Crippen molar-refractivity contribution in [3.63, 3.8) is 0 Å². The molecule has 0 radical (unpaired) electrons. The van der Waals surface area contributed by atoms with E-state index < -0.39 is 5.54 Å². The van der Waals surface area contributed by atoms with E-state index in [0.29, 0.717) is 0 Å². The number of rotatable bonds is 1. The predicted molar refractivity (Wildman–Crippen MR) is 118 cm³/mol. The fourth-order valence-electron chi connectivity index (χ4n) is 5.13. The molecule has 134 valence electrons. The quantitative estimate of drug-likeness (QED) is 0.486. The standard InChI is InChI=1S/C26H20N2/c27-23-15-26(28,22-12-4-9-17-8-3-11-20(23)25(17)22)21-14-13-18-6-1-5-16-7-2-10-19(21)24(16)18/h1-15,21H,27-28H2. The van der Waals surface area contributed by atoms with Gasteiger partial charge in [-0.3, -0.25) is 0 Å². The maximum atomic E-state index is 7.22. The zero-order valence-corrected chi connectivity index (χ0v) is 15.4. The van der Waals surface area contributed by atoms with E-state index in [0.717, 1.165) is 16.8 Å². The van der Waals surface area contributed by atoms with E-state index in [1.165, 1.54) is 32.7 Å². The molecule has 0 spiro atoms. The van der Waals surface area contributed by atoms with Gasteiger partial charge < -0.3 is 11.5 Å². The van der Waals surface area contributed by atoms with Crippen LogP contribution in [0.15, 0.2) is 84.9 Å². The van der Waals surface area contributed by atoms with Gasteiger partial charge in [0.15, 0.2) is 0 Å². The summed E-state index contributed by atoms with van der Waals surface area (Å²) in [5.74, 6) is 0.0172. The minimum absolute atomic E-state index is 0.0172. The lowest BCUT2D eigenvalue weighted by Gasteiger charge is -2.40. The molecule has 0 amide bonds. The Morgan fingerprint density at radius 2 is 1.43 bits per heavy atom. The summed E-state index contributed by atoms with van der Waals surface area (Å²) in [5.41, 5.74) is 18.5. The monoisotopic (exact) mass is 360 g/mol. The van der Waals surface area contributed by atoms with E-state index in [4.69, 9.17) is 11.5 Å². The maximum Gasteiger partial charge on any atom is 0.0729 e. The van der Waals surface area contributed by atoms with Crippen LogP contribution in [0.4, 0.5) is 0 Å². The van der Waals surface area contributed by atoms with Crippen molar-refractivity contribution in [3.05, 3.63) is 107 Å². The second kappa shape index (κ2) is 5.34. The van der Waals surface area contributed by atoms with Crippen LogP contribution in [-0.4, -0.2) is 0 Å². The van der Waals surface area contributed by atoms with E-state index in [-0.39, 0.29) is 5.92 Å². The summed E-state index contributed by atoms with van der Waals surface area (Å²) in [7, 11) is 0. The molecule has 2 heteroatoms. The summed E-state index contributed by atoms with van der Waals surface area (Å²) in [4.78, 5) is 0. The Labute approximate surface area is 163 Å². The molecule has 6 rings (SSSR count). The molecule has 0 heterocycles. The fraction of sp³-hybridized carbons (Fsp3) is 0.0769. The molecule has 2 aliphatic rings. The first-order valence-corrected chi connectivity index (χ1v) is 9.66. The largest absolute Gasteiger partial charge is 0.398 e. The number of hydrogen-bond donors (Lipinski definition) is 2. The van der Waals surface area contributed by atoms with Crippen molar-refractivity contribution in [3.8, 4) is 0 Å². The van der Waals surface area contributed by atoms with Crippen molar-refractivity contribution in [2.45, 2.75) is 11.5 Å². The molecule has 2 unspecified atom stereocenters. The van der Waals surface area contributed by atoms with Crippen LogP contribution in [0.3, 0.4) is 0 Å². The third kappa shape index (κ3) is 1.90. The topological polar surface area (TPSA) is 52.0 Å². The van der Waals surface area contributed by atoms with Crippen LogP contribution in [0.2, 0.25) is 0 Å². The Bertz CT molecular complexity index is 1330. The minimum atomic E-state index is -0.698. The van der Waals surface area contributed by atoms with Crippen LogP contribution in [0.25, 0.3) is 33.3 Å². The molecular formula is C26H20N2. The van der Waals surface area contributed by atoms with E-state index in [1.54, 1.807) is 0 Å². The molecule has 0 saturated carbocycles. The highest BCUT2D eigenvalue weighted by Gasteiger charge is 2.40. The van der Waals surface area contributed by atoms with Gasteiger partial charge in [0.05, 0.1) is 5.54 Å². The Hall–Kier alpha value is -3.36. The zero-order valence-electron chi connectivity index (χ0n) is 15.4. The van der Waals surface area contributed by atoms with Gasteiger partial charge >= 0.3 is 0 Å². The van der Waals surface area contributed by atoms with Crippen LogP contribution in [0.1, 0.15) is 28.2 Å².